The molecule has 1 aliphatic heterocycles. The van der Waals surface area contributed by atoms with E-state index in [1.165, 1.54) is 24.3 Å². The fraction of sp³-hybridized carbons (Fsp3) is 0.269. The average molecular weight is 512 g/mol. The van der Waals surface area contributed by atoms with E-state index in [0.717, 1.165) is 11.4 Å². The molecule has 5 rings (SSSR count). The normalized spacial score (nSPS) is 22.4. The van der Waals surface area contributed by atoms with Gasteiger partial charge in [0, 0.05) is 12.1 Å². The Morgan fingerprint density at radius 3 is 2.26 bits per heavy atom. The first-order valence-electron chi connectivity index (χ1n) is 11.5. The van der Waals surface area contributed by atoms with Crippen LogP contribution in [0.1, 0.15) is 29.6 Å². The zero-order valence-electron chi connectivity index (χ0n) is 19.1. The topological polar surface area (TPSA) is 90.0 Å². The van der Waals surface area contributed by atoms with Crippen molar-refractivity contribution in [3.63, 3.8) is 0 Å². The number of para-hydroxylation sites is 3. The molecule has 0 saturated heterocycles. The van der Waals surface area contributed by atoms with Crippen LogP contribution in [-0.4, -0.2) is 44.7 Å². The van der Waals surface area contributed by atoms with Gasteiger partial charge in [0.05, 0.1) is 45.7 Å². The zero-order chi connectivity index (χ0) is 24.7. The molecule has 0 bridgehead atoms. The number of carbonyl (C=O) groups is 1. The molecule has 2 N–H and O–H groups in total. The summed E-state index contributed by atoms with van der Waals surface area (Å²) in [5.41, 5.74) is 2.74. The quantitative estimate of drug-likeness (QED) is 0.544. The molecule has 9 heteroatoms. The number of benzene rings is 3. The number of fused-ring (bicyclic) bond motifs is 2. The van der Waals surface area contributed by atoms with Crippen LogP contribution in [0.15, 0.2) is 77.7 Å². The molecule has 3 aromatic carbocycles. The van der Waals surface area contributed by atoms with Crippen LogP contribution < -0.4 is 14.5 Å². The van der Waals surface area contributed by atoms with E-state index in [-0.39, 0.29) is 10.8 Å². The molecule has 3 aromatic rings. The Morgan fingerprint density at radius 2 is 1.54 bits per heavy atom. The lowest BCUT2D eigenvalue weighted by molar-refractivity contribution is 0.0812. The number of hydrogen-bond donors (Lipinski definition) is 2. The van der Waals surface area contributed by atoms with Crippen LogP contribution in [0.25, 0.3) is 0 Å². The van der Waals surface area contributed by atoms with Gasteiger partial charge in [-0.15, -0.1) is 0 Å². The molecule has 1 heterocycles. The van der Waals surface area contributed by atoms with Crippen LogP contribution in [0, 0.1) is 0 Å². The molecular weight excluding hydrogens is 486 g/mol. The minimum atomic E-state index is -3.86. The van der Waals surface area contributed by atoms with E-state index < -0.39 is 28.2 Å². The van der Waals surface area contributed by atoms with Crippen molar-refractivity contribution < 1.29 is 18.3 Å². The first-order chi connectivity index (χ1) is 16.8. The molecule has 0 spiro atoms. The Morgan fingerprint density at radius 1 is 0.914 bits per heavy atom. The number of nitrogens with one attached hydrogen (secondary N) is 1. The first-order valence-corrected chi connectivity index (χ1v) is 13.4. The number of sulfonamides is 1. The maximum atomic E-state index is 13.3. The van der Waals surface area contributed by atoms with Gasteiger partial charge in [0.1, 0.15) is 0 Å². The number of aliphatic hydroxyl groups is 1. The summed E-state index contributed by atoms with van der Waals surface area (Å²) in [5.74, 6) is -0.138. The van der Waals surface area contributed by atoms with Gasteiger partial charge in [-0.2, -0.15) is 0 Å². The van der Waals surface area contributed by atoms with Crippen LogP contribution in [-0.2, 0) is 10.0 Å². The van der Waals surface area contributed by atoms with E-state index in [4.69, 9.17) is 11.6 Å². The third kappa shape index (κ3) is 4.31. The molecule has 1 fully saturated rings. The van der Waals surface area contributed by atoms with Crippen molar-refractivity contribution in [2.24, 2.45) is 0 Å². The minimum Gasteiger partial charge on any atom is -0.389 e. The SMILES string of the molecule is CN1C(=O)c2ccccc2N([C@H]2CCC[C@@H](NS(=O)(=O)c3ccc(Cl)cc3)[C@@H]2O)c2ccccc21. The minimum absolute atomic E-state index is 0.0916. The summed E-state index contributed by atoms with van der Waals surface area (Å²) in [6, 6.07) is 19.7. The van der Waals surface area contributed by atoms with Gasteiger partial charge in [0.25, 0.3) is 5.91 Å². The summed E-state index contributed by atoms with van der Waals surface area (Å²) in [5, 5.41) is 12.0. The highest BCUT2D eigenvalue weighted by atomic mass is 35.5. The largest absolute Gasteiger partial charge is 0.389 e. The van der Waals surface area contributed by atoms with Gasteiger partial charge in [-0.25, -0.2) is 13.1 Å². The van der Waals surface area contributed by atoms with E-state index >= 15 is 0 Å². The second-order valence-corrected chi connectivity index (χ2v) is 11.1. The van der Waals surface area contributed by atoms with Crippen molar-refractivity contribution in [1.82, 2.24) is 4.72 Å². The number of rotatable bonds is 4. The van der Waals surface area contributed by atoms with Crippen LogP contribution in [0.2, 0.25) is 5.02 Å². The molecule has 182 valence electrons. The van der Waals surface area contributed by atoms with E-state index in [2.05, 4.69) is 4.72 Å². The summed E-state index contributed by atoms with van der Waals surface area (Å²) >= 11 is 5.91. The molecule has 2 aliphatic rings. The molecule has 7 nitrogen and oxygen atoms in total. The highest BCUT2D eigenvalue weighted by molar-refractivity contribution is 7.89. The number of carbonyl (C=O) groups excluding carboxylic acids is 1. The molecule has 1 saturated carbocycles. The summed E-state index contributed by atoms with van der Waals surface area (Å²) < 4.78 is 28.8. The third-order valence-corrected chi connectivity index (χ3v) is 8.54. The summed E-state index contributed by atoms with van der Waals surface area (Å²) in [6.45, 7) is 0. The molecule has 1 amide bonds. The first kappa shape index (κ1) is 23.8. The van der Waals surface area contributed by atoms with E-state index in [0.29, 0.717) is 35.5 Å². The highest BCUT2D eigenvalue weighted by Gasteiger charge is 2.41. The van der Waals surface area contributed by atoms with Crippen molar-refractivity contribution in [2.45, 2.75) is 42.3 Å². The summed E-state index contributed by atoms with van der Waals surface area (Å²) in [4.78, 5) is 17.0. The fourth-order valence-corrected chi connectivity index (χ4v) is 6.45. The van der Waals surface area contributed by atoms with Crippen molar-refractivity contribution in [3.05, 3.63) is 83.4 Å². The van der Waals surface area contributed by atoms with Crippen LogP contribution >= 0.6 is 11.6 Å². The van der Waals surface area contributed by atoms with Crippen LogP contribution in [0.3, 0.4) is 0 Å². The monoisotopic (exact) mass is 511 g/mol. The molecule has 35 heavy (non-hydrogen) atoms. The molecular formula is C26H26ClN3O4S. The molecule has 0 aromatic heterocycles. The van der Waals surface area contributed by atoms with Gasteiger partial charge < -0.3 is 14.9 Å². The van der Waals surface area contributed by atoms with E-state index in [1.807, 2.05) is 47.4 Å². The predicted octanol–water partition coefficient (Wildman–Crippen LogP) is 4.33. The fourth-order valence-electron chi connectivity index (χ4n) is 5.04. The second-order valence-electron chi connectivity index (χ2n) is 8.91. The van der Waals surface area contributed by atoms with Gasteiger partial charge in [0.2, 0.25) is 10.0 Å². The smallest absolute Gasteiger partial charge is 0.260 e. The lowest BCUT2D eigenvalue weighted by atomic mass is 9.86. The Balaban J connectivity index is 1.53. The van der Waals surface area contributed by atoms with Gasteiger partial charge in [-0.1, -0.05) is 35.9 Å². The Labute approximate surface area is 210 Å². The second kappa shape index (κ2) is 9.28. The van der Waals surface area contributed by atoms with Gasteiger partial charge in [0.15, 0.2) is 0 Å². The lowest BCUT2D eigenvalue weighted by Gasteiger charge is -2.43. The third-order valence-electron chi connectivity index (χ3n) is 6.78. The van der Waals surface area contributed by atoms with Crippen LogP contribution in [0.4, 0.5) is 17.1 Å². The summed E-state index contributed by atoms with van der Waals surface area (Å²) in [6.07, 6.45) is 0.840. The Hall–Kier alpha value is -2.91. The number of anilines is 3. The number of aliphatic hydroxyl groups excluding tert-OH is 1. The molecule has 1 aliphatic carbocycles. The molecule has 0 unspecified atom stereocenters. The summed E-state index contributed by atoms with van der Waals surface area (Å²) in [7, 11) is -2.12. The number of halogens is 1. The average Bonchev–Trinajstić information content (AvgIpc) is 2.94. The van der Waals surface area contributed by atoms with Crippen molar-refractivity contribution in [3.8, 4) is 0 Å². The molecule has 0 radical (unpaired) electrons. The highest BCUT2D eigenvalue weighted by Crippen LogP contribution is 2.44. The van der Waals surface area contributed by atoms with Crippen molar-refractivity contribution >= 4 is 44.6 Å². The number of hydrogen-bond acceptors (Lipinski definition) is 5. The zero-order valence-corrected chi connectivity index (χ0v) is 20.7. The van der Waals surface area contributed by atoms with E-state index in [1.54, 1.807) is 18.0 Å². The van der Waals surface area contributed by atoms with Crippen molar-refractivity contribution in [1.29, 1.82) is 0 Å². The predicted molar refractivity (Wildman–Crippen MR) is 137 cm³/mol. The van der Waals surface area contributed by atoms with Gasteiger partial charge in [-0.05, 0) is 67.8 Å². The van der Waals surface area contributed by atoms with Crippen LogP contribution in [0.5, 0.6) is 0 Å². The van der Waals surface area contributed by atoms with Gasteiger partial charge in [-0.3, -0.25) is 4.79 Å². The maximum absolute atomic E-state index is 13.3. The van der Waals surface area contributed by atoms with Crippen molar-refractivity contribution in [2.75, 3.05) is 16.8 Å². The maximum Gasteiger partial charge on any atom is 0.260 e. The lowest BCUT2D eigenvalue weighted by Crippen LogP contribution is -2.55. The number of nitrogens with zero attached hydrogens (tertiary/aromatic N) is 2. The van der Waals surface area contributed by atoms with E-state index in [9.17, 15) is 18.3 Å². The Bertz CT molecular complexity index is 1360. The Kier molecular flexibility index (Phi) is 6.31. The van der Waals surface area contributed by atoms with Gasteiger partial charge >= 0.3 is 0 Å². The standard InChI is InChI=1S/C26H26ClN3O4S/c1-29-22-10-4-5-11-23(22)30(21-9-3-2-7-19(21)26(29)32)24-12-6-8-20(25(24)31)28-35(33,34)18-15-13-17(27)14-16-18/h2-5,7,9-11,13-16,20,24-25,28,31H,6,8,12H2,1H3/t20-,24+,25+/m1/s1. The molecule has 3 atom stereocenters. The number of amides is 1.